The molecule has 2 heterocycles. The fourth-order valence-electron chi connectivity index (χ4n) is 11.7. The summed E-state index contributed by atoms with van der Waals surface area (Å²) in [7, 11) is 0. The van der Waals surface area contributed by atoms with E-state index in [-0.39, 0.29) is 63.8 Å². The summed E-state index contributed by atoms with van der Waals surface area (Å²) in [5.41, 5.74) is 3.87. The Hall–Kier alpha value is -5.32. The van der Waals surface area contributed by atoms with Gasteiger partial charge in [-0.25, -0.2) is 14.0 Å². The first-order valence-electron chi connectivity index (χ1n) is 28.9. The molecule has 1 saturated carbocycles. The zero-order valence-electron chi connectivity index (χ0n) is 45.6. The van der Waals surface area contributed by atoms with Gasteiger partial charge in [0.05, 0.1) is 38.1 Å². The van der Waals surface area contributed by atoms with E-state index >= 15 is 4.79 Å². The predicted octanol–water partition coefficient (Wildman–Crippen LogP) is 12.9. The Balaban J connectivity index is 1.27. The van der Waals surface area contributed by atoms with E-state index in [0.717, 1.165) is 68.1 Å². The molecule has 4 aliphatic rings. The number of unbranched alkanes of at least 4 members (excludes halogenated alkanes) is 11. The van der Waals surface area contributed by atoms with Crippen LogP contribution >= 0.6 is 0 Å². The van der Waals surface area contributed by atoms with E-state index in [1.807, 2.05) is 42.5 Å². The summed E-state index contributed by atoms with van der Waals surface area (Å²) in [6, 6.07) is 20.3. The Morgan fingerprint density at radius 1 is 0.870 bits per heavy atom. The lowest BCUT2D eigenvalue weighted by atomic mass is 9.55. The number of benzene rings is 3. The number of allylic oxidation sites excluding steroid dienone is 1. The molecule has 2 aliphatic carbocycles. The molecule has 7 unspecified atom stereocenters. The van der Waals surface area contributed by atoms with Crippen molar-refractivity contribution in [2.24, 2.45) is 22.9 Å². The number of rotatable bonds is 33. The van der Waals surface area contributed by atoms with Crippen molar-refractivity contribution in [3.63, 3.8) is 0 Å². The van der Waals surface area contributed by atoms with Crippen LogP contribution in [0.15, 0.2) is 102 Å². The van der Waals surface area contributed by atoms with E-state index < -0.39 is 42.0 Å². The monoisotopic (exact) mass is 1070 g/mol. The number of amides is 2. The third kappa shape index (κ3) is 17.1. The summed E-state index contributed by atoms with van der Waals surface area (Å²) in [4.78, 5) is 36.5. The number of oxime groups is 1. The number of carbonyl (C=O) groups excluding carboxylic acids is 2. The lowest BCUT2D eigenvalue weighted by Gasteiger charge is -2.59. The molecule has 7 rings (SSSR count). The van der Waals surface area contributed by atoms with Crippen molar-refractivity contribution in [1.82, 2.24) is 10.2 Å². The number of halogens is 1. The van der Waals surface area contributed by atoms with E-state index in [0.29, 0.717) is 68.2 Å². The Labute approximate surface area is 456 Å². The van der Waals surface area contributed by atoms with Gasteiger partial charge in [0.15, 0.2) is 0 Å². The van der Waals surface area contributed by atoms with Crippen molar-refractivity contribution in [2.45, 2.75) is 173 Å². The second-order valence-corrected chi connectivity index (χ2v) is 21.1. The van der Waals surface area contributed by atoms with Crippen molar-refractivity contribution >= 4 is 17.9 Å². The summed E-state index contributed by atoms with van der Waals surface area (Å²) >= 11 is 0. The third-order valence-corrected chi connectivity index (χ3v) is 15.5. The standard InChI is InChI=1S/C62H86FN3O11/c1-3-5-6-7-8-9-10-11-12-19-34-64-60(69)75-50-32-33-55-53(42-50)58-51(26-17-21-36-68)48(25-16-20-35-67)41-52-54(65-77-57-27-18-22-38-72-57)43-56(62(76-55,59(52)58)74-37-4-2)66(44-46-28-30-49(63)31-29-46)61(70)73-40-39-71-45-47-23-14-13-15-24-47/h4,13-15,23-24,28-33,41-42,48,51,56-59,67-68H,2-3,5-12,16-22,25-27,34-40,43-45H2,1H3,(H,64,69). The van der Waals surface area contributed by atoms with E-state index in [1.165, 1.54) is 57.1 Å². The van der Waals surface area contributed by atoms with Crippen LogP contribution in [-0.2, 0) is 36.9 Å². The maximum absolute atomic E-state index is 15.1. The molecule has 2 fully saturated rings. The van der Waals surface area contributed by atoms with Crippen molar-refractivity contribution in [3.8, 4) is 11.5 Å². The molecule has 0 bridgehead atoms. The van der Waals surface area contributed by atoms with Gasteiger partial charge in [0.2, 0.25) is 12.1 Å². The van der Waals surface area contributed by atoms with Crippen LogP contribution in [-0.4, -0.2) is 97.3 Å². The van der Waals surface area contributed by atoms with Crippen LogP contribution in [0.25, 0.3) is 0 Å². The molecule has 3 aromatic rings. The van der Waals surface area contributed by atoms with Crippen LogP contribution in [0.5, 0.6) is 11.5 Å². The molecular weight excluding hydrogens is 982 g/mol. The molecule has 77 heavy (non-hydrogen) atoms. The van der Waals surface area contributed by atoms with Gasteiger partial charge in [0.1, 0.15) is 30.0 Å². The number of hydrogen-bond acceptors (Lipinski definition) is 12. The number of aliphatic hydroxyl groups excluding tert-OH is 2. The SMILES string of the molecule is C=CCOC12Oc3ccc(OC(=O)NCCCCCCCCCCCC)cc3C3C(CCCCO)C(CCCCO)C=C(C(=NOC4CCCCO4)CC1N(Cc1ccc(F)cc1)C(=O)OCCOCc1ccccc1)C32. The highest BCUT2D eigenvalue weighted by Gasteiger charge is 2.66. The quantitative estimate of drug-likeness (QED) is 0.0302. The smallest absolute Gasteiger partial charge is 0.412 e. The molecule has 2 aliphatic heterocycles. The number of nitrogens with one attached hydrogen (secondary N) is 1. The molecule has 1 saturated heterocycles. The highest BCUT2D eigenvalue weighted by atomic mass is 19.1. The first-order chi connectivity index (χ1) is 37.8. The lowest BCUT2D eigenvalue weighted by Crippen LogP contribution is -2.70. The van der Waals surface area contributed by atoms with E-state index in [4.69, 9.17) is 38.4 Å². The van der Waals surface area contributed by atoms with E-state index in [2.05, 4.69) is 24.9 Å². The van der Waals surface area contributed by atoms with Gasteiger partial charge in [-0.1, -0.05) is 137 Å². The average molecular weight is 1070 g/mol. The van der Waals surface area contributed by atoms with E-state index in [1.54, 1.807) is 29.2 Å². The summed E-state index contributed by atoms with van der Waals surface area (Å²) in [5, 5.41) is 28.1. The molecule has 0 radical (unpaired) electrons. The number of fused-ring (bicyclic) bond motifs is 2. The van der Waals surface area contributed by atoms with Gasteiger partial charge < -0.3 is 48.8 Å². The normalized spacial score (nSPS) is 23.0. The van der Waals surface area contributed by atoms with Gasteiger partial charge in [-0.3, -0.25) is 4.90 Å². The average Bonchev–Trinajstić information content (AvgIpc) is 3.62. The van der Waals surface area contributed by atoms with Gasteiger partial charge >= 0.3 is 12.2 Å². The number of carbonyl (C=O) groups is 2. The summed E-state index contributed by atoms with van der Waals surface area (Å²) in [6.07, 6.45) is 20.9. The maximum Gasteiger partial charge on any atom is 0.412 e. The molecule has 0 aromatic heterocycles. The largest absolute Gasteiger partial charge is 0.459 e. The van der Waals surface area contributed by atoms with Crippen LogP contribution in [0, 0.1) is 23.6 Å². The van der Waals surface area contributed by atoms with Gasteiger partial charge in [-0.15, -0.1) is 6.58 Å². The molecule has 14 nitrogen and oxygen atoms in total. The number of aliphatic hydroxyl groups is 2. The molecule has 0 spiro atoms. The third-order valence-electron chi connectivity index (χ3n) is 15.5. The van der Waals surface area contributed by atoms with Gasteiger partial charge in [0.25, 0.3) is 0 Å². The topological polar surface area (TPSA) is 167 Å². The fourth-order valence-corrected chi connectivity index (χ4v) is 11.7. The van der Waals surface area contributed by atoms with Gasteiger partial charge in [-0.2, -0.15) is 0 Å². The highest BCUT2D eigenvalue weighted by Crippen LogP contribution is 2.62. The maximum atomic E-state index is 15.1. The fraction of sp³-hybridized carbons (Fsp3) is 0.597. The molecule has 422 valence electrons. The molecule has 3 aromatic carbocycles. The van der Waals surface area contributed by atoms with Crippen molar-refractivity contribution in [3.05, 3.63) is 120 Å². The second kappa shape index (κ2) is 31.9. The highest BCUT2D eigenvalue weighted by molar-refractivity contribution is 6.03. The Kier molecular flexibility index (Phi) is 24.6. The van der Waals surface area contributed by atoms with Crippen LogP contribution in [0.4, 0.5) is 14.0 Å². The zero-order chi connectivity index (χ0) is 54.1. The molecule has 3 N–H and O–H groups in total. The minimum atomic E-state index is -1.61. The van der Waals surface area contributed by atoms with Gasteiger partial charge in [0, 0.05) is 50.6 Å². The lowest BCUT2D eigenvalue weighted by molar-refractivity contribution is -0.256. The van der Waals surface area contributed by atoms with Crippen LogP contribution < -0.4 is 14.8 Å². The Morgan fingerprint density at radius 2 is 1.61 bits per heavy atom. The van der Waals surface area contributed by atoms with Crippen molar-refractivity contribution in [2.75, 3.05) is 46.2 Å². The second-order valence-electron chi connectivity index (χ2n) is 21.1. The van der Waals surface area contributed by atoms with Crippen molar-refractivity contribution in [1.29, 1.82) is 0 Å². The zero-order valence-corrected chi connectivity index (χ0v) is 45.6. The first kappa shape index (κ1) is 59.3. The summed E-state index contributed by atoms with van der Waals surface area (Å²) in [5.74, 6) is -2.31. The van der Waals surface area contributed by atoms with Crippen LogP contribution in [0.1, 0.15) is 158 Å². The number of nitrogens with zero attached hydrogens (tertiary/aromatic N) is 2. The molecule has 15 heteroatoms. The number of ether oxygens (including phenoxy) is 6. The van der Waals surface area contributed by atoms with Crippen LogP contribution in [0.3, 0.4) is 0 Å². The molecular formula is C62H86FN3O11. The Morgan fingerprint density at radius 3 is 2.32 bits per heavy atom. The van der Waals surface area contributed by atoms with Crippen molar-refractivity contribution < 1.29 is 57.5 Å². The number of hydrogen-bond donors (Lipinski definition) is 3. The minimum absolute atomic E-state index is 0.00883. The Bertz CT molecular complexity index is 2310. The molecule has 2 amide bonds. The molecule has 7 atom stereocenters. The van der Waals surface area contributed by atoms with Crippen LogP contribution in [0.2, 0.25) is 0 Å². The predicted molar refractivity (Wildman–Crippen MR) is 295 cm³/mol. The minimum Gasteiger partial charge on any atom is -0.459 e. The summed E-state index contributed by atoms with van der Waals surface area (Å²) in [6.45, 7) is 7.89. The summed E-state index contributed by atoms with van der Waals surface area (Å²) < 4.78 is 53.3. The van der Waals surface area contributed by atoms with E-state index in [9.17, 15) is 19.4 Å². The first-order valence-corrected chi connectivity index (χ1v) is 28.9. The van der Waals surface area contributed by atoms with Gasteiger partial charge in [-0.05, 0) is 104 Å².